The molecule has 104 valence electrons. The van der Waals surface area contributed by atoms with Crippen LogP contribution >= 0.6 is 46.7 Å². The lowest BCUT2D eigenvalue weighted by Crippen LogP contribution is -2.33. The van der Waals surface area contributed by atoms with E-state index in [1.54, 1.807) is 22.7 Å². The molecular formula is C12H17IN4S2. The maximum atomic E-state index is 5.81. The van der Waals surface area contributed by atoms with Crippen molar-refractivity contribution >= 4 is 52.6 Å². The fraction of sp³-hybridized carbons (Fsp3) is 0.333. The molecule has 0 aliphatic heterocycles. The van der Waals surface area contributed by atoms with Crippen molar-refractivity contribution in [2.75, 3.05) is 6.54 Å². The maximum absolute atomic E-state index is 5.81. The lowest BCUT2D eigenvalue weighted by Gasteiger charge is -2.04. The van der Waals surface area contributed by atoms with Crippen LogP contribution in [0.5, 0.6) is 0 Å². The lowest BCUT2D eigenvalue weighted by molar-refractivity contribution is 0.857. The van der Waals surface area contributed by atoms with Crippen LogP contribution in [-0.4, -0.2) is 17.5 Å². The number of thiazole rings is 1. The van der Waals surface area contributed by atoms with E-state index in [9.17, 15) is 0 Å². The van der Waals surface area contributed by atoms with Crippen molar-refractivity contribution in [3.05, 3.63) is 38.5 Å². The molecule has 2 aromatic rings. The molecule has 0 atom stereocenters. The minimum Gasteiger partial charge on any atom is -0.370 e. The summed E-state index contributed by atoms with van der Waals surface area (Å²) in [5.74, 6) is 0.499. The zero-order valence-electron chi connectivity index (χ0n) is 10.6. The van der Waals surface area contributed by atoms with Crippen LogP contribution < -0.4 is 11.1 Å². The van der Waals surface area contributed by atoms with Crippen molar-refractivity contribution in [3.63, 3.8) is 0 Å². The highest BCUT2D eigenvalue weighted by molar-refractivity contribution is 14.0. The van der Waals surface area contributed by atoms with Gasteiger partial charge in [0.15, 0.2) is 5.96 Å². The van der Waals surface area contributed by atoms with Crippen molar-refractivity contribution in [1.29, 1.82) is 0 Å². The van der Waals surface area contributed by atoms with Gasteiger partial charge in [-0.05, 0) is 24.8 Å². The van der Waals surface area contributed by atoms with Crippen LogP contribution in [0, 0.1) is 6.92 Å². The molecule has 7 heteroatoms. The third kappa shape index (κ3) is 5.45. The number of aryl methyl sites for hydroxylation is 1. The number of nitrogens with one attached hydrogen (secondary N) is 1. The van der Waals surface area contributed by atoms with Crippen molar-refractivity contribution in [1.82, 2.24) is 10.3 Å². The first-order valence-corrected chi connectivity index (χ1v) is 7.47. The van der Waals surface area contributed by atoms with Crippen LogP contribution in [0.4, 0.5) is 0 Å². The SMILES string of the molecule is Cc1ncsc1CN=C(N)NCCc1cccs1.I. The van der Waals surface area contributed by atoms with Gasteiger partial charge in [-0.1, -0.05) is 6.07 Å². The second-order valence-electron chi connectivity index (χ2n) is 3.82. The molecule has 2 aromatic heterocycles. The second-order valence-corrected chi connectivity index (χ2v) is 5.79. The largest absolute Gasteiger partial charge is 0.370 e. The van der Waals surface area contributed by atoms with Gasteiger partial charge in [0.05, 0.1) is 17.7 Å². The van der Waals surface area contributed by atoms with Crippen molar-refractivity contribution in [2.45, 2.75) is 19.9 Å². The maximum Gasteiger partial charge on any atom is 0.188 e. The minimum atomic E-state index is 0. The first-order valence-electron chi connectivity index (χ1n) is 5.71. The highest BCUT2D eigenvalue weighted by Gasteiger charge is 2.00. The summed E-state index contributed by atoms with van der Waals surface area (Å²) >= 11 is 3.37. The molecule has 19 heavy (non-hydrogen) atoms. The average Bonchev–Trinajstić information content (AvgIpc) is 2.98. The Morgan fingerprint density at radius 3 is 2.95 bits per heavy atom. The summed E-state index contributed by atoms with van der Waals surface area (Å²) in [5.41, 5.74) is 8.68. The van der Waals surface area contributed by atoms with Gasteiger partial charge in [-0.2, -0.15) is 0 Å². The number of rotatable bonds is 5. The predicted molar refractivity (Wildman–Crippen MR) is 93.6 cm³/mol. The van der Waals surface area contributed by atoms with Gasteiger partial charge in [0.2, 0.25) is 0 Å². The summed E-state index contributed by atoms with van der Waals surface area (Å²) in [4.78, 5) is 11.0. The Kier molecular flexibility index (Phi) is 7.32. The molecular weight excluding hydrogens is 391 g/mol. The smallest absolute Gasteiger partial charge is 0.188 e. The highest BCUT2D eigenvalue weighted by atomic mass is 127. The number of halogens is 1. The summed E-state index contributed by atoms with van der Waals surface area (Å²) < 4.78 is 0. The zero-order chi connectivity index (χ0) is 12.8. The molecule has 0 radical (unpaired) electrons. The number of nitrogens with zero attached hydrogens (tertiary/aromatic N) is 2. The summed E-state index contributed by atoms with van der Waals surface area (Å²) in [5, 5.41) is 5.20. The van der Waals surface area contributed by atoms with Gasteiger partial charge in [-0.3, -0.25) is 0 Å². The van der Waals surface area contributed by atoms with Crippen LogP contribution in [0.3, 0.4) is 0 Å². The Morgan fingerprint density at radius 1 is 1.47 bits per heavy atom. The van der Waals surface area contributed by atoms with Crippen molar-refractivity contribution in [3.8, 4) is 0 Å². The number of thiophene rings is 1. The molecule has 0 aliphatic rings. The first-order chi connectivity index (χ1) is 8.75. The molecule has 0 amide bonds. The third-order valence-corrected chi connectivity index (χ3v) is 4.35. The second kappa shape index (κ2) is 8.49. The highest BCUT2D eigenvalue weighted by Crippen LogP contribution is 2.12. The molecule has 0 aromatic carbocycles. The minimum absolute atomic E-state index is 0. The number of aliphatic imine (C=N–C) groups is 1. The molecule has 2 rings (SSSR count). The van der Waals surface area contributed by atoms with E-state index in [-0.39, 0.29) is 24.0 Å². The molecule has 0 bridgehead atoms. The van der Waals surface area contributed by atoms with E-state index < -0.39 is 0 Å². The number of guanidine groups is 1. The summed E-state index contributed by atoms with van der Waals surface area (Å²) in [7, 11) is 0. The van der Waals surface area contributed by atoms with E-state index in [4.69, 9.17) is 5.73 Å². The van der Waals surface area contributed by atoms with Crippen molar-refractivity contribution in [2.24, 2.45) is 10.7 Å². The fourth-order valence-corrected chi connectivity index (χ4v) is 2.87. The van der Waals surface area contributed by atoms with E-state index in [0.717, 1.165) is 23.5 Å². The summed E-state index contributed by atoms with van der Waals surface area (Å²) in [6.45, 7) is 3.41. The summed E-state index contributed by atoms with van der Waals surface area (Å²) in [6.07, 6.45) is 0.980. The van der Waals surface area contributed by atoms with Gasteiger partial charge in [0, 0.05) is 16.3 Å². The normalized spacial score (nSPS) is 11.1. The van der Waals surface area contributed by atoms with Gasteiger partial charge in [0.1, 0.15) is 0 Å². The Hall–Kier alpha value is -0.670. The lowest BCUT2D eigenvalue weighted by atomic mass is 10.3. The van der Waals surface area contributed by atoms with E-state index >= 15 is 0 Å². The summed E-state index contributed by atoms with van der Waals surface area (Å²) in [6, 6.07) is 4.18. The van der Waals surface area contributed by atoms with E-state index in [0.29, 0.717) is 12.5 Å². The van der Waals surface area contributed by atoms with Gasteiger partial charge in [-0.25, -0.2) is 9.98 Å². The monoisotopic (exact) mass is 408 g/mol. The Labute approximate surface area is 138 Å². The van der Waals surface area contributed by atoms with E-state index in [1.807, 2.05) is 12.4 Å². The molecule has 0 spiro atoms. The van der Waals surface area contributed by atoms with Gasteiger partial charge in [-0.15, -0.1) is 46.7 Å². The number of aromatic nitrogens is 1. The van der Waals surface area contributed by atoms with Crippen LogP contribution in [0.1, 0.15) is 15.4 Å². The third-order valence-electron chi connectivity index (χ3n) is 2.50. The van der Waals surface area contributed by atoms with Crippen LogP contribution in [0.25, 0.3) is 0 Å². The number of hydrogen-bond acceptors (Lipinski definition) is 4. The van der Waals surface area contributed by atoms with Gasteiger partial charge in [0.25, 0.3) is 0 Å². The predicted octanol–water partition coefficient (Wildman–Crippen LogP) is 2.78. The van der Waals surface area contributed by atoms with Gasteiger partial charge < -0.3 is 11.1 Å². The van der Waals surface area contributed by atoms with Gasteiger partial charge >= 0.3 is 0 Å². The molecule has 2 heterocycles. The standard InChI is InChI=1S/C12H16N4S2.HI/c1-9-11(18-8-16-9)7-15-12(13)14-5-4-10-3-2-6-17-10;/h2-3,6,8H,4-5,7H2,1H3,(H3,13,14,15);1H. The van der Waals surface area contributed by atoms with E-state index in [2.05, 4.69) is 32.8 Å². The topological polar surface area (TPSA) is 63.3 Å². The molecule has 0 unspecified atom stereocenters. The fourth-order valence-electron chi connectivity index (χ4n) is 1.46. The average molecular weight is 408 g/mol. The zero-order valence-corrected chi connectivity index (χ0v) is 14.6. The Bertz CT molecular complexity index is 508. The van der Waals surface area contributed by atoms with Crippen molar-refractivity contribution < 1.29 is 0 Å². The Morgan fingerprint density at radius 2 is 2.32 bits per heavy atom. The molecule has 3 N–H and O–H groups in total. The number of nitrogens with two attached hydrogens (primary N) is 1. The quantitative estimate of drug-likeness (QED) is 0.455. The molecule has 4 nitrogen and oxygen atoms in total. The number of hydrogen-bond donors (Lipinski definition) is 2. The molecule has 0 aliphatic carbocycles. The van der Waals surface area contributed by atoms with E-state index in [1.165, 1.54) is 4.88 Å². The first kappa shape index (κ1) is 16.4. The van der Waals surface area contributed by atoms with Crippen LogP contribution in [-0.2, 0) is 13.0 Å². The van der Waals surface area contributed by atoms with Crippen LogP contribution in [0.15, 0.2) is 28.0 Å². The molecule has 0 fully saturated rings. The molecule has 0 saturated carbocycles. The van der Waals surface area contributed by atoms with Crippen LogP contribution in [0.2, 0.25) is 0 Å². The molecule has 0 saturated heterocycles. The Balaban J connectivity index is 0.00000180.